The molecule has 1 aliphatic rings. The molecule has 1 saturated heterocycles. The number of urea groups is 1. The molecule has 17 heavy (non-hydrogen) atoms. The average Bonchev–Trinajstić information content (AvgIpc) is 2.69. The minimum atomic E-state index is -1.20. The number of aryl methyl sites for hydroxylation is 2. The molecule has 0 saturated carbocycles. The lowest BCUT2D eigenvalue weighted by molar-refractivity contribution is -0.124. The number of nitrogens with two attached hydrogens (primary N) is 1. The zero-order chi connectivity index (χ0) is 11.9. The Morgan fingerprint density at radius 1 is 1.53 bits per heavy atom. The van der Waals surface area contributed by atoms with E-state index in [9.17, 15) is 9.59 Å². The zero-order valence-electron chi connectivity index (χ0n) is 9.48. The van der Waals surface area contributed by atoms with Gasteiger partial charge >= 0.3 is 6.03 Å². The van der Waals surface area contributed by atoms with Gasteiger partial charge in [-0.25, -0.2) is 4.79 Å². The third-order valence-electron chi connectivity index (χ3n) is 2.77. The van der Waals surface area contributed by atoms with Crippen LogP contribution in [-0.2, 0) is 17.4 Å². The van der Waals surface area contributed by atoms with Crippen LogP contribution >= 0.6 is 12.4 Å². The van der Waals surface area contributed by atoms with E-state index in [1.54, 1.807) is 17.9 Å². The molecule has 0 spiro atoms. The largest absolute Gasteiger partial charge is 0.327 e. The molecule has 7 nitrogen and oxygen atoms in total. The van der Waals surface area contributed by atoms with E-state index in [0.717, 1.165) is 5.56 Å². The third kappa shape index (κ3) is 1.77. The van der Waals surface area contributed by atoms with Gasteiger partial charge in [0.1, 0.15) is 0 Å². The number of hydrogen-bond donors (Lipinski definition) is 3. The lowest BCUT2D eigenvalue weighted by atomic mass is 9.93. The van der Waals surface area contributed by atoms with Crippen LogP contribution in [0.2, 0.25) is 0 Å². The highest BCUT2D eigenvalue weighted by Crippen LogP contribution is 2.25. The highest BCUT2D eigenvalue weighted by atomic mass is 35.5. The predicted octanol–water partition coefficient (Wildman–Crippen LogP) is -0.856. The SMILES string of the molecule is Cc1cnn(C)c1[C@@]1(CN)NC(=O)NC1=O.Cl. The first-order valence-corrected chi connectivity index (χ1v) is 4.84. The predicted molar refractivity (Wildman–Crippen MR) is 62.6 cm³/mol. The topological polar surface area (TPSA) is 102 Å². The Kier molecular flexibility index (Phi) is 3.44. The molecule has 1 aromatic heterocycles. The molecular formula is C9H14ClN5O2. The van der Waals surface area contributed by atoms with Gasteiger partial charge in [0.25, 0.3) is 5.91 Å². The summed E-state index contributed by atoms with van der Waals surface area (Å²) in [7, 11) is 1.71. The summed E-state index contributed by atoms with van der Waals surface area (Å²) in [6, 6.07) is -0.531. The number of hydrogen-bond acceptors (Lipinski definition) is 4. The lowest BCUT2D eigenvalue weighted by Crippen LogP contribution is -2.51. The minimum absolute atomic E-state index is 0. The van der Waals surface area contributed by atoms with Crippen molar-refractivity contribution in [3.05, 3.63) is 17.5 Å². The van der Waals surface area contributed by atoms with Gasteiger partial charge in [-0.3, -0.25) is 14.8 Å². The molecular weight excluding hydrogens is 246 g/mol. The molecule has 1 atom stereocenters. The van der Waals surface area contributed by atoms with Crippen LogP contribution in [0, 0.1) is 6.92 Å². The molecule has 1 fully saturated rings. The van der Waals surface area contributed by atoms with Gasteiger partial charge in [0.2, 0.25) is 0 Å². The van der Waals surface area contributed by atoms with Crippen molar-refractivity contribution >= 4 is 24.3 Å². The van der Waals surface area contributed by atoms with E-state index in [0.29, 0.717) is 5.69 Å². The van der Waals surface area contributed by atoms with Gasteiger partial charge in [-0.2, -0.15) is 5.10 Å². The van der Waals surface area contributed by atoms with Crippen molar-refractivity contribution in [2.75, 3.05) is 6.54 Å². The summed E-state index contributed by atoms with van der Waals surface area (Å²) >= 11 is 0. The van der Waals surface area contributed by atoms with E-state index < -0.39 is 17.5 Å². The Morgan fingerprint density at radius 3 is 2.53 bits per heavy atom. The Labute approximate surface area is 104 Å². The van der Waals surface area contributed by atoms with Crippen molar-refractivity contribution in [2.45, 2.75) is 12.5 Å². The summed E-state index contributed by atoms with van der Waals surface area (Å²) in [6.07, 6.45) is 1.63. The number of imide groups is 1. The van der Waals surface area contributed by atoms with Crippen molar-refractivity contribution in [3.63, 3.8) is 0 Å². The van der Waals surface area contributed by atoms with Gasteiger partial charge in [0.15, 0.2) is 5.54 Å². The van der Waals surface area contributed by atoms with Crippen LogP contribution < -0.4 is 16.4 Å². The average molecular weight is 260 g/mol. The van der Waals surface area contributed by atoms with E-state index in [4.69, 9.17) is 5.73 Å². The maximum atomic E-state index is 11.8. The number of halogens is 1. The fraction of sp³-hybridized carbons (Fsp3) is 0.444. The highest BCUT2D eigenvalue weighted by molar-refractivity contribution is 6.07. The molecule has 2 heterocycles. The molecule has 4 N–H and O–H groups in total. The quantitative estimate of drug-likeness (QED) is 0.602. The lowest BCUT2D eigenvalue weighted by Gasteiger charge is -2.25. The van der Waals surface area contributed by atoms with E-state index in [1.807, 2.05) is 6.92 Å². The smallest absolute Gasteiger partial charge is 0.322 e. The molecule has 0 bridgehead atoms. The summed E-state index contributed by atoms with van der Waals surface area (Å²) < 4.78 is 1.55. The first-order chi connectivity index (χ1) is 7.51. The molecule has 94 valence electrons. The first-order valence-electron chi connectivity index (χ1n) is 4.84. The number of carbonyl (C=O) groups is 2. The summed E-state index contributed by atoms with van der Waals surface area (Å²) in [6.45, 7) is 1.81. The number of rotatable bonds is 2. The van der Waals surface area contributed by atoms with Gasteiger partial charge in [-0.15, -0.1) is 12.4 Å². The zero-order valence-corrected chi connectivity index (χ0v) is 10.3. The van der Waals surface area contributed by atoms with Crippen LogP contribution in [0.15, 0.2) is 6.20 Å². The van der Waals surface area contributed by atoms with Crippen molar-refractivity contribution in [3.8, 4) is 0 Å². The van der Waals surface area contributed by atoms with Crippen LogP contribution in [0.25, 0.3) is 0 Å². The molecule has 8 heteroatoms. The standard InChI is InChI=1S/C9H13N5O2.ClH/c1-5-3-11-14(2)6(5)9(4-10)7(15)12-8(16)13-9;/h3H,4,10H2,1-2H3,(H2,12,13,15,16);1H/t9-;/m1./s1. The van der Waals surface area contributed by atoms with Crippen molar-refractivity contribution < 1.29 is 9.59 Å². The molecule has 0 radical (unpaired) electrons. The Morgan fingerprint density at radius 2 is 2.18 bits per heavy atom. The fourth-order valence-electron chi connectivity index (χ4n) is 2.06. The Bertz CT molecular complexity index is 452. The van der Waals surface area contributed by atoms with Gasteiger partial charge in [-0.05, 0) is 12.5 Å². The van der Waals surface area contributed by atoms with Crippen LogP contribution in [0.1, 0.15) is 11.3 Å². The van der Waals surface area contributed by atoms with Gasteiger partial charge < -0.3 is 11.1 Å². The van der Waals surface area contributed by atoms with Gasteiger partial charge in [0.05, 0.1) is 11.9 Å². The van der Waals surface area contributed by atoms with E-state index >= 15 is 0 Å². The van der Waals surface area contributed by atoms with Gasteiger partial charge in [0, 0.05) is 13.6 Å². The fourth-order valence-corrected chi connectivity index (χ4v) is 2.06. The molecule has 0 aromatic carbocycles. The van der Waals surface area contributed by atoms with E-state index in [2.05, 4.69) is 15.7 Å². The third-order valence-corrected chi connectivity index (χ3v) is 2.77. The molecule has 3 amide bonds. The normalized spacial score (nSPS) is 23.0. The van der Waals surface area contributed by atoms with Crippen molar-refractivity contribution in [1.82, 2.24) is 20.4 Å². The van der Waals surface area contributed by atoms with Gasteiger partial charge in [-0.1, -0.05) is 0 Å². The van der Waals surface area contributed by atoms with E-state index in [-0.39, 0.29) is 19.0 Å². The van der Waals surface area contributed by atoms with Crippen LogP contribution in [0.3, 0.4) is 0 Å². The number of carbonyl (C=O) groups excluding carboxylic acids is 2. The number of aromatic nitrogens is 2. The maximum Gasteiger partial charge on any atom is 0.322 e. The monoisotopic (exact) mass is 259 g/mol. The number of amides is 3. The first kappa shape index (κ1) is 13.5. The second-order valence-corrected chi connectivity index (χ2v) is 3.82. The molecule has 0 aliphatic carbocycles. The van der Waals surface area contributed by atoms with E-state index in [1.165, 1.54) is 0 Å². The number of nitrogens with zero attached hydrogens (tertiary/aromatic N) is 2. The van der Waals surface area contributed by atoms with Crippen LogP contribution in [-0.4, -0.2) is 28.3 Å². The molecule has 1 aliphatic heterocycles. The highest BCUT2D eigenvalue weighted by Gasteiger charge is 2.49. The second kappa shape index (κ2) is 4.34. The summed E-state index contributed by atoms with van der Waals surface area (Å²) in [5.74, 6) is -0.438. The Balaban J connectivity index is 0.00000144. The number of nitrogens with one attached hydrogen (secondary N) is 2. The maximum absolute atomic E-state index is 11.8. The van der Waals surface area contributed by atoms with Crippen molar-refractivity contribution in [1.29, 1.82) is 0 Å². The van der Waals surface area contributed by atoms with Crippen LogP contribution in [0.4, 0.5) is 4.79 Å². The van der Waals surface area contributed by atoms with Crippen molar-refractivity contribution in [2.24, 2.45) is 12.8 Å². The minimum Gasteiger partial charge on any atom is -0.327 e. The summed E-state index contributed by atoms with van der Waals surface area (Å²) in [5, 5.41) is 8.80. The Hall–Kier alpha value is -1.60. The molecule has 0 unspecified atom stereocenters. The summed E-state index contributed by atoms with van der Waals surface area (Å²) in [5.41, 5.74) is 5.85. The van der Waals surface area contributed by atoms with Crippen LogP contribution in [0.5, 0.6) is 0 Å². The molecule has 1 aromatic rings. The molecule has 2 rings (SSSR count). The summed E-state index contributed by atoms with van der Waals surface area (Å²) in [4.78, 5) is 23.0. The second-order valence-electron chi connectivity index (χ2n) is 3.82.